The Morgan fingerprint density at radius 2 is 2.11 bits per heavy atom. The predicted octanol–water partition coefficient (Wildman–Crippen LogP) is 5.01. The minimum absolute atomic E-state index is 0.421. The van der Waals surface area contributed by atoms with E-state index in [1.165, 1.54) is 46.4 Å². The van der Waals surface area contributed by atoms with Crippen molar-refractivity contribution in [2.75, 3.05) is 12.8 Å². The van der Waals surface area contributed by atoms with Gasteiger partial charge in [0, 0.05) is 21.2 Å². The summed E-state index contributed by atoms with van der Waals surface area (Å²) in [5.74, 6) is 2.21. The molecule has 1 N–H and O–H groups in total. The molecule has 0 bridgehead atoms. The summed E-state index contributed by atoms with van der Waals surface area (Å²) in [5.41, 5.74) is 1.42. The fourth-order valence-corrected chi connectivity index (χ4v) is 4.41. The lowest BCUT2D eigenvalue weighted by Gasteiger charge is -2.17. The van der Waals surface area contributed by atoms with Crippen LogP contribution in [0.3, 0.4) is 0 Å². The summed E-state index contributed by atoms with van der Waals surface area (Å²) >= 11 is 5.62. The Bertz CT molecular complexity index is 388. The lowest BCUT2D eigenvalue weighted by molar-refractivity contribution is 0.621. The molecule has 1 aromatic carbocycles. The molecule has 0 amide bonds. The molecule has 0 aromatic heterocycles. The average Bonchev–Trinajstić information content (AvgIpc) is 2.88. The summed E-state index contributed by atoms with van der Waals surface area (Å²) in [6.07, 6.45) is 5.73. The molecule has 2 rings (SSSR count). The zero-order chi connectivity index (χ0) is 13.0. The van der Waals surface area contributed by atoms with Gasteiger partial charge in [-0.3, -0.25) is 0 Å². The average molecular weight is 328 g/mol. The molecule has 1 unspecified atom stereocenters. The van der Waals surface area contributed by atoms with Crippen molar-refractivity contribution >= 4 is 27.7 Å². The molecule has 100 valence electrons. The summed E-state index contributed by atoms with van der Waals surface area (Å²) in [7, 11) is 2.03. The van der Waals surface area contributed by atoms with Gasteiger partial charge in [-0.05, 0) is 50.4 Å². The van der Waals surface area contributed by atoms with Crippen LogP contribution in [0, 0.1) is 5.92 Å². The van der Waals surface area contributed by atoms with Crippen LogP contribution in [0.15, 0.2) is 27.6 Å². The highest BCUT2D eigenvalue weighted by Crippen LogP contribution is 2.35. The van der Waals surface area contributed by atoms with Gasteiger partial charge in [-0.2, -0.15) is 0 Å². The van der Waals surface area contributed by atoms with Crippen LogP contribution in [0.4, 0.5) is 0 Å². The standard InChI is InChI=1S/C15H22BrNS/c1-11(17-2)14-8-7-13(16)9-15(14)18-10-12-5-3-4-6-12/h7-9,11-12,17H,3-6,10H2,1-2H3. The Kier molecular flexibility index (Phi) is 5.58. The highest BCUT2D eigenvalue weighted by atomic mass is 79.9. The van der Waals surface area contributed by atoms with E-state index in [4.69, 9.17) is 0 Å². The first kappa shape index (κ1) is 14.4. The quantitative estimate of drug-likeness (QED) is 0.763. The summed E-state index contributed by atoms with van der Waals surface area (Å²) in [6.45, 7) is 2.23. The first-order chi connectivity index (χ1) is 8.70. The van der Waals surface area contributed by atoms with Crippen molar-refractivity contribution in [3.05, 3.63) is 28.2 Å². The van der Waals surface area contributed by atoms with Gasteiger partial charge in [0.05, 0.1) is 0 Å². The van der Waals surface area contributed by atoms with Gasteiger partial charge in [0.1, 0.15) is 0 Å². The Labute approximate surface area is 123 Å². The van der Waals surface area contributed by atoms with Crippen molar-refractivity contribution in [3.8, 4) is 0 Å². The normalized spacial score (nSPS) is 18.2. The van der Waals surface area contributed by atoms with Crippen LogP contribution in [0.1, 0.15) is 44.2 Å². The maximum absolute atomic E-state index is 3.59. The summed E-state index contributed by atoms with van der Waals surface area (Å²) in [5, 5.41) is 3.34. The van der Waals surface area contributed by atoms with Gasteiger partial charge in [0.15, 0.2) is 0 Å². The van der Waals surface area contributed by atoms with E-state index >= 15 is 0 Å². The van der Waals surface area contributed by atoms with Gasteiger partial charge in [-0.25, -0.2) is 0 Å². The Morgan fingerprint density at radius 1 is 1.39 bits per heavy atom. The molecule has 1 nitrogen and oxygen atoms in total. The Hall–Kier alpha value is 0.01000. The van der Waals surface area contributed by atoms with Gasteiger partial charge in [-0.1, -0.05) is 34.8 Å². The van der Waals surface area contributed by atoms with Gasteiger partial charge < -0.3 is 5.32 Å². The van der Waals surface area contributed by atoms with E-state index in [1.54, 1.807) is 0 Å². The second-order valence-corrected chi connectivity index (χ2v) is 7.13. The molecule has 1 aliphatic carbocycles. The van der Waals surface area contributed by atoms with Crippen LogP contribution >= 0.6 is 27.7 Å². The summed E-state index contributed by atoms with van der Waals surface area (Å²) in [6, 6.07) is 7.07. The molecular formula is C15H22BrNS. The first-order valence-electron chi connectivity index (χ1n) is 6.80. The van der Waals surface area contributed by atoms with Gasteiger partial charge in [0.25, 0.3) is 0 Å². The van der Waals surface area contributed by atoms with Crippen LogP contribution < -0.4 is 5.32 Å². The van der Waals surface area contributed by atoms with Crippen molar-refractivity contribution < 1.29 is 0 Å². The molecule has 0 heterocycles. The zero-order valence-corrected chi connectivity index (χ0v) is 13.6. The van der Waals surface area contributed by atoms with Crippen molar-refractivity contribution in [2.45, 2.75) is 43.5 Å². The Balaban J connectivity index is 2.06. The molecule has 0 saturated heterocycles. The lowest BCUT2D eigenvalue weighted by Crippen LogP contribution is -2.13. The van der Waals surface area contributed by atoms with E-state index < -0.39 is 0 Å². The summed E-state index contributed by atoms with van der Waals surface area (Å²) in [4.78, 5) is 1.43. The summed E-state index contributed by atoms with van der Waals surface area (Å²) < 4.78 is 1.18. The fourth-order valence-electron chi connectivity index (χ4n) is 2.53. The minimum Gasteiger partial charge on any atom is -0.313 e. The van der Waals surface area contributed by atoms with E-state index in [1.807, 2.05) is 18.8 Å². The SMILES string of the molecule is CNC(C)c1ccc(Br)cc1SCC1CCCC1. The van der Waals surface area contributed by atoms with Crippen LogP contribution in [0.2, 0.25) is 0 Å². The molecule has 0 radical (unpaired) electrons. The van der Waals surface area contributed by atoms with Crippen molar-refractivity contribution in [2.24, 2.45) is 5.92 Å². The van der Waals surface area contributed by atoms with Gasteiger partial charge >= 0.3 is 0 Å². The number of hydrogen-bond donors (Lipinski definition) is 1. The Morgan fingerprint density at radius 3 is 2.78 bits per heavy atom. The molecule has 3 heteroatoms. The molecule has 1 saturated carbocycles. The maximum Gasteiger partial charge on any atom is 0.0300 e. The smallest absolute Gasteiger partial charge is 0.0300 e. The molecule has 1 atom stereocenters. The minimum atomic E-state index is 0.421. The number of halogens is 1. The first-order valence-corrected chi connectivity index (χ1v) is 8.58. The third kappa shape index (κ3) is 3.75. The van der Waals surface area contributed by atoms with E-state index in [0.29, 0.717) is 6.04 Å². The zero-order valence-electron chi connectivity index (χ0n) is 11.2. The van der Waals surface area contributed by atoms with E-state index in [-0.39, 0.29) is 0 Å². The van der Waals surface area contributed by atoms with Gasteiger partial charge in [-0.15, -0.1) is 11.8 Å². The van der Waals surface area contributed by atoms with E-state index in [0.717, 1.165) is 5.92 Å². The largest absolute Gasteiger partial charge is 0.313 e. The van der Waals surface area contributed by atoms with Crippen LogP contribution in [0.25, 0.3) is 0 Å². The molecule has 1 aromatic rings. The second-order valence-electron chi connectivity index (χ2n) is 5.15. The fraction of sp³-hybridized carbons (Fsp3) is 0.600. The number of nitrogens with one attached hydrogen (secondary N) is 1. The number of hydrogen-bond acceptors (Lipinski definition) is 2. The second kappa shape index (κ2) is 6.97. The topological polar surface area (TPSA) is 12.0 Å². The van der Waals surface area contributed by atoms with E-state index in [2.05, 4.69) is 46.4 Å². The predicted molar refractivity (Wildman–Crippen MR) is 84.3 cm³/mol. The maximum atomic E-state index is 3.59. The number of thioether (sulfide) groups is 1. The molecule has 0 spiro atoms. The lowest BCUT2D eigenvalue weighted by atomic mass is 10.1. The van der Waals surface area contributed by atoms with Crippen LogP contribution in [-0.2, 0) is 0 Å². The molecule has 18 heavy (non-hydrogen) atoms. The van der Waals surface area contributed by atoms with E-state index in [9.17, 15) is 0 Å². The number of rotatable bonds is 5. The van der Waals surface area contributed by atoms with Crippen molar-refractivity contribution in [1.29, 1.82) is 0 Å². The van der Waals surface area contributed by atoms with Crippen LogP contribution in [0.5, 0.6) is 0 Å². The molecular weight excluding hydrogens is 306 g/mol. The third-order valence-corrected chi connectivity index (χ3v) is 5.62. The van der Waals surface area contributed by atoms with Crippen molar-refractivity contribution in [3.63, 3.8) is 0 Å². The van der Waals surface area contributed by atoms with Gasteiger partial charge in [0.2, 0.25) is 0 Å². The number of benzene rings is 1. The van der Waals surface area contributed by atoms with Crippen molar-refractivity contribution in [1.82, 2.24) is 5.32 Å². The molecule has 1 aliphatic rings. The third-order valence-electron chi connectivity index (χ3n) is 3.82. The molecule has 0 aliphatic heterocycles. The highest BCUT2D eigenvalue weighted by molar-refractivity contribution is 9.10. The highest BCUT2D eigenvalue weighted by Gasteiger charge is 2.17. The monoisotopic (exact) mass is 327 g/mol. The molecule has 1 fully saturated rings. The van der Waals surface area contributed by atoms with Crippen LogP contribution in [-0.4, -0.2) is 12.8 Å².